The number of nitrogens with zero attached hydrogens (tertiary/aromatic N) is 4. The number of ether oxygens (including phenoxy) is 1. The summed E-state index contributed by atoms with van der Waals surface area (Å²) in [6.45, 7) is 5.98. The first-order valence-electron chi connectivity index (χ1n) is 8.78. The van der Waals surface area contributed by atoms with Gasteiger partial charge < -0.3 is 19.9 Å². The first kappa shape index (κ1) is 18.6. The Hall–Kier alpha value is -3.16. The Balaban J connectivity index is 1.72. The Morgan fingerprint density at radius 3 is 2.33 bits per heavy atom. The highest BCUT2D eigenvalue weighted by Crippen LogP contribution is 2.18. The van der Waals surface area contributed by atoms with Crippen LogP contribution in [0.3, 0.4) is 0 Å². The number of methoxy groups -OCH3 is 1. The zero-order chi connectivity index (χ0) is 19.4. The smallest absolute Gasteiger partial charge is 0.274 e. The average Bonchev–Trinajstić information content (AvgIpc) is 2.68. The number of aryl methyl sites for hydroxylation is 1. The molecule has 0 spiro atoms. The second-order valence-electron chi connectivity index (χ2n) is 6.33. The zero-order valence-corrected chi connectivity index (χ0v) is 15.7. The summed E-state index contributed by atoms with van der Waals surface area (Å²) in [7, 11) is 1.59. The Labute approximate surface area is 158 Å². The van der Waals surface area contributed by atoms with Crippen LogP contribution in [-0.4, -0.2) is 60.0 Å². The van der Waals surface area contributed by atoms with Crippen molar-refractivity contribution < 1.29 is 14.3 Å². The molecule has 1 aliphatic heterocycles. The van der Waals surface area contributed by atoms with Crippen LogP contribution in [0.5, 0.6) is 5.75 Å². The minimum atomic E-state index is -0.297. The molecule has 1 aromatic carbocycles. The number of benzene rings is 1. The van der Waals surface area contributed by atoms with Crippen molar-refractivity contribution in [2.45, 2.75) is 13.8 Å². The van der Waals surface area contributed by atoms with Crippen LogP contribution in [0.2, 0.25) is 0 Å². The van der Waals surface area contributed by atoms with Crippen molar-refractivity contribution in [3.8, 4) is 5.75 Å². The van der Waals surface area contributed by atoms with Gasteiger partial charge in [0.05, 0.1) is 7.11 Å². The van der Waals surface area contributed by atoms with Crippen LogP contribution in [0, 0.1) is 6.92 Å². The molecule has 8 nitrogen and oxygen atoms in total. The van der Waals surface area contributed by atoms with E-state index < -0.39 is 0 Å². The molecule has 8 heteroatoms. The standard InChI is InChI=1S/C19H23N5O3/c1-13-20-17(19(26)22-15-4-6-16(27-3)7-5-15)12-18(21-13)24-10-8-23(9-11-24)14(2)25/h4-7,12H,8-11H2,1-3H3,(H,22,26). The fraction of sp³-hybridized carbons (Fsp3) is 0.368. The van der Waals surface area contributed by atoms with E-state index in [1.54, 1.807) is 51.3 Å². The van der Waals surface area contributed by atoms with Gasteiger partial charge in [0.25, 0.3) is 5.91 Å². The molecule has 1 N–H and O–H groups in total. The van der Waals surface area contributed by atoms with Crippen LogP contribution in [0.25, 0.3) is 0 Å². The predicted octanol–water partition coefficient (Wildman–Crippen LogP) is 1.71. The molecule has 0 bridgehead atoms. The van der Waals surface area contributed by atoms with Crippen LogP contribution >= 0.6 is 0 Å². The maximum absolute atomic E-state index is 12.6. The molecule has 1 fully saturated rings. The van der Waals surface area contributed by atoms with E-state index in [2.05, 4.69) is 20.2 Å². The van der Waals surface area contributed by atoms with Crippen molar-refractivity contribution in [3.05, 3.63) is 41.9 Å². The summed E-state index contributed by atoms with van der Waals surface area (Å²) in [4.78, 5) is 36.7. The van der Waals surface area contributed by atoms with Gasteiger partial charge in [0.1, 0.15) is 23.1 Å². The van der Waals surface area contributed by atoms with E-state index in [1.165, 1.54) is 0 Å². The first-order valence-corrected chi connectivity index (χ1v) is 8.78. The van der Waals surface area contributed by atoms with Crippen molar-refractivity contribution >= 4 is 23.3 Å². The minimum Gasteiger partial charge on any atom is -0.497 e. The van der Waals surface area contributed by atoms with E-state index in [0.717, 1.165) is 5.75 Å². The van der Waals surface area contributed by atoms with Crippen molar-refractivity contribution in [3.63, 3.8) is 0 Å². The number of nitrogens with one attached hydrogen (secondary N) is 1. The van der Waals surface area contributed by atoms with Gasteiger partial charge >= 0.3 is 0 Å². The summed E-state index contributed by atoms with van der Waals surface area (Å²) in [5.41, 5.74) is 0.969. The van der Waals surface area contributed by atoms with E-state index in [1.807, 2.05) is 4.90 Å². The topological polar surface area (TPSA) is 87.7 Å². The van der Waals surface area contributed by atoms with Gasteiger partial charge in [0, 0.05) is 44.9 Å². The minimum absolute atomic E-state index is 0.0769. The van der Waals surface area contributed by atoms with E-state index in [9.17, 15) is 9.59 Å². The lowest BCUT2D eigenvalue weighted by Crippen LogP contribution is -2.48. The third-order valence-corrected chi connectivity index (χ3v) is 4.45. The van der Waals surface area contributed by atoms with Crippen molar-refractivity contribution in [1.82, 2.24) is 14.9 Å². The molecule has 2 heterocycles. The molecule has 1 aromatic heterocycles. The summed E-state index contributed by atoms with van der Waals surface area (Å²) in [6, 6.07) is 8.79. The van der Waals surface area contributed by atoms with Crippen LogP contribution in [0.1, 0.15) is 23.2 Å². The molecule has 0 aliphatic carbocycles. The number of piperazine rings is 1. The number of rotatable bonds is 4. The number of hydrogen-bond donors (Lipinski definition) is 1. The average molecular weight is 369 g/mol. The lowest BCUT2D eigenvalue weighted by Gasteiger charge is -2.35. The molecule has 2 amide bonds. The molecule has 1 aliphatic rings. The molecule has 0 saturated carbocycles. The molecular formula is C19H23N5O3. The van der Waals surface area contributed by atoms with Gasteiger partial charge in [0.15, 0.2) is 0 Å². The third kappa shape index (κ3) is 4.52. The number of aromatic nitrogens is 2. The molecule has 3 rings (SSSR count). The fourth-order valence-corrected chi connectivity index (χ4v) is 2.95. The van der Waals surface area contributed by atoms with E-state index >= 15 is 0 Å². The molecule has 1 saturated heterocycles. The predicted molar refractivity (Wildman–Crippen MR) is 102 cm³/mol. The Kier molecular flexibility index (Phi) is 5.54. The number of amides is 2. The highest BCUT2D eigenvalue weighted by atomic mass is 16.5. The number of carbonyl (C=O) groups excluding carboxylic acids is 2. The van der Waals surface area contributed by atoms with E-state index in [-0.39, 0.29) is 11.8 Å². The lowest BCUT2D eigenvalue weighted by molar-refractivity contribution is -0.129. The van der Waals surface area contributed by atoms with E-state index in [0.29, 0.717) is 49.2 Å². The molecule has 0 radical (unpaired) electrons. The molecule has 27 heavy (non-hydrogen) atoms. The summed E-state index contributed by atoms with van der Waals surface area (Å²) < 4.78 is 5.12. The maximum atomic E-state index is 12.6. The van der Waals surface area contributed by atoms with Crippen LogP contribution in [-0.2, 0) is 4.79 Å². The largest absolute Gasteiger partial charge is 0.497 e. The number of hydrogen-bond acceptors (Lipinski definition) is 6. The van der Waals surface area contributed by atoms with Gasteiger partial charge in [0.2, 0.25) is 5.91 Å². The van der Waals surface area contributed by atoms with Crippen LogP contribution < -0.4 is 15.0 Å². The number of anilines is 2. The maximum Gasteiger partial charge on any atom is 0.274 e. The summed E-state index contributed by atoms with van der Waals surface area (Å²) >= 11 is 0. The molecule has 2 aromatic rings. The molecule has 0 unspecified atom stereocenters. The summed E-state index contributed by atoms with van der Waals surface area (Å²) in [5, 5.41) is 2.83. The molecule has 142 valence electrons. The van der Waals surface area contributed by atoms with Gasteiger partial charge in [-0.3, -0.25) is 9.59 Å². The van der Waals surface area contributed by atoms with Crippen molar-refractivity contribution in [2.75, 3.05) is 43.5 Å². The normalized spacial score (nSPS) is 14.0. The molecule has 0 atom stereocenters. The molecular weight excluding hydrogens is 346 g/mol. The zero-order valence-electron chi connectivity index (χ0n) is 15.7. The third-order valence-electron chi connectivity index (χ3n) is 4.45. The first-order chi connectivity index (χ1) is 13.0. The van der Waals surface area contributed by atoms with Crippen LogP contribution in [0.15, 0.2) is 30.3 Å². The van der Waals surface area contributed by atoms with Gasteiger partial charge in [-0.25, -0.2) is 9.97 Å². The van der Waals surface area contributed by atoms with Crippen molar-refractivity contribution in [1.29, 1.82) is 0 Å². The van der Waals surface area contributed by atoms with Gasteiger partial charge in [-0.15, -0.1) is 0 Å². The second-order valence-corrected chi connectivity index (χ2v) is 6.33. The van der Waals surface area contributed by atoms with Gasteiger partial charge in [-0.2, -0.15) is 0 Å². The summed E-state index contributed by atoms with van der Waals surface area (Å²) in [5.74, 6) is 1.73. The van der Waals surface area contributed by atoms with Gasteiger partial charge in [-0.1, -0.05) is 0 Å². The summed E-state index contributed by atoms with van der Waals surface area (Å²) in [6.07, 6.45) is 0. The highest BCUT2D eigenvalue weighted by molar-refractivity contribution is 6.03. The Morgan fingerprint density at radius 2 is 1.74 bits per heavy atom. The Morgan fingerprint density at radius 1 is 1.07 bits per heavy atom. The second kappa shape index (κ2) is 8.03. The van der Waals surface area contributed by atoms with Crippen molar-refractivity contribution in [2.24, 2.45) is 0 Å². The quantitative estimate of drug-likeness (QED) is 0.883. The Bertz CT molecular complexity index is 830. The van der Waals surface area contributed by atoms with Gasteiger partial charge in [-0.05, 0) is 31.2 Å². The van der Waals surface area contributed by atoms with Crippen LogP contribution in [0.4, 0.5) is 11.5 Å². The lowest BCUT2D eigenvalue weighted by atomic mass is 10.2. The highest BCUT2D eigenvalue weighted by Gasteiger charge is 2.21. The van der Waals surface area contributed by atoms with E-state index in [4.69, 9.17) is 4.74 Å². The SMILES string of the molecule is COc1ccc(NC(=O)c2cc(N3CCN(C(C)=O)CC3)nc(C)n2)cc1. The fourth-order valence-electron chi connectivity index (χ4n) is 2.95. The monoisotopic (exact) mass is 369 g/mol. The number of carbonyl (C=O) groups is 2.